The van der Waals surface area contributed by atoms with E-state index in [-0.39, 0.29) is 17.4 Å². The molecule has 2 atom stereocenters. The number of carbonyl (C=O) groups excluding carboxylic acids is 2. The van der Waals surface area contributed by atoms with Crippen LogP contribution in [-0.2, 0) is 4.79 Å². The van der Waals surface area contributed by atoms with E-state index in [2.05, 4.69) is 4.90 Å². The standard InChI is InChI=1S/C22H28F2N2O2/c23-17-7-8-18(19(24)14-17)22(28)25-12-9-16(10-13-25)21(27)26-11-3-5-15-4-1-2-6-20(15)26/h7-8,14-16,20H,1-6,9-13H2/t15-,20+/m1/s1. The molecule has 1 aromatic carbocycles. The van der Waals surface area contributed by atoms with E-state index >= 15 is 0 Å². The predicted molar refractivity (Wildman–Crippen MR) is 102 cm³/mol. The lowest BCUT2D eigenvalue weighted by molar-refractivity contribution is -0.143. The molecule has 2 saturated heterocycles. The maximum atomic E-state index is 13.9. The van der Waals surface area contributed by atoms with Crippen LogP contribution < -0.4 is 0 Å². The molecule has 0 N–H and O–H groups in total. The average molecular weight is 390 g/mol. The maximum Gasteiger partial charge on any atom is 0.256 e. The second-order valence-corrected chi connectivity index (χ2v) is 8.48. The lowest BCUT2D eigenvalue weighted by Crippen LogP contribution is -2.53. The van der Waals surface area contributed by atoms with Crippen LogP contribution in [0, 0.1) is 23.5 Å². The van der Waals surface area contributed by atoms with Crippen molar-refractivity contribution in [2.45, 2.75) is 57.4 Å². The summed E-state index contributed by atoms with van der Waals surface area (Å²) in [5, 5.41) is 0. The Bertz CT molecular complexity index is 744. The van der Waals surface area contributed by atoms with Crippen LogP contribution in [0.25, 0.3) is 0 Å². The number of hydrogen-bond acceptors (Lipinski definition) is 2. The second kappa shape index (κ2) is 8.18. The highest BCUT2D eigenvalue weighted by Gasteiger charge is 2.39. The molecule has 6 heteroatoms. The molecular formula is C22H28F2N2O2. The van der Waals surface area contributed by atoms with Crippen molar-refractivity contribution in [3.05, 3.63) is 35.4 Å². The summed E-state index contributed by atoms with van der Waals surface area (Å²) in [6.07, 6.45) is 8.41. The predicted octanol–water partition coefficient (Wildman–Crippen LogP) is 4.00. The van der Waals surface area contributed by atoms with Crippen LogP contribution in [0.15, 0.2) is 18.2 Å². The molecule has 0 radical (unpaired) electrons. The SMILES string of the molecule is O=C(c1ccc(F)cc1F)N1CCC(C(=O)N2CCC[C@H]3CCCC[C@@H]32)CC1. The number of fused-ring (bicyclic) bond motifs is 1. The van der Waals surface area contributed by atoms with Crippen molar-refractivity contribution in [3.8, 4) is 0 Å². The third kappa shape index (κ3) is 3.78. The first-order valence-electron chi connectivity index (χ1n) is 10.6. The molecule has 1 saturated carbocycles. The van der Waals surface area contributed by atoms with Crippen molar-refractivity contribution >= 4 is 11.8 Å². The van der Waals surface area contributed by atoms with Gasteiger partial charge in [0.05, 0.1) is 5.56 Å². The fraction of sp³-hybridized carbons (Fsp3) is 0.636. The van der Waals surface area contributed by atoms with Crippen LogP contribution >= 0.6 is 0 Å². The minimum absolute atomic E-state index is 0.0530. The summed E-state index contributed by atoms with van der Waals surface area (Å²) in [5.74, 6) is -1.09. The molecule has 1 aliphatic carbocycles. The minimum atomic E-state index is -0.833. The van der Waals surface area contributed by atoms with Crippen LogP contribution in [0.1, 0.15) is 61.7 Å². The van der Waals surface area contributed by atoms with E-state index in [9.17, 15) is 18.4 Å². The molecular weight excluding hydrogens is 362 g/mol. The van der Waals surface area contributed by atoms with Crippen LogP contribution in [-0.4, -0.2) is 47.3 Å². The van der Waals surface area contributed by atoms with Gasteiger partial charge in [-0.3, -0.25) is 9.59 Å². The second-order valence-electron chi connectivity index (χ2n) is 8.48. The van der Waals surface area contributed by atoms with E-state index in [4.69, 9.17) is 0 Å². The Balaban J connectivity index is 1.37. The number of likely N-dealkylation sites (tertiary alicyclic amines) is 2. The minimum Gasteiger partial charge on any atom is -0.339 e. The summed E-state index contributed by atoms with van der Waals surface area (Å²) in [6.45, 7) is 1.74. The molecule has 0 spiro atoms. The molecule has 4 rings (SSSR count). The van der Waals surface area contributed by atoms with Crippen molar-refractivity contribution in [2.75, 3.05) is 19.6 Å². The van der Waals surface area contributed by atoms with Crippen molar-refractivity contribution in [1.82, 2.24) is 9.80 Å². The topological polar surface area (TPSA) is 40.6 Å². The number of rotatable bonds is 2. The molecule has 2 aliphatic heterocycles. The van der Waals surface area contributed by atoms with Crippen LogP contribution in [0.3, 0.4) is 0 Å². The molecule has 3 aliphatic rings. The zero-order valence-electron chi connectivity index (χ0n) is 16.2. The Kier molecular flexibility index (Phi) is 5.65. The van der Waals surface area contributed by atoms with Gasteiger partial charge in [-0.05, 0) is 56.6 Å². The average Bonchev–Trinajstić information content (AvgIpc) is 2.72. The van der Waals surface area contributed by atoms with Crippen molar-refractivity contribution in [3.63, 3.8) is 0 Å². The summed E-state index contributed by atoms with van der Waals surface area (Å²) in [7, 11) is 0. The summed E-state index contributed by atoms with van der Waals surface area (Å²) in [4.78, 5) is 29.5. The molecule has 152 valence electrons. The van der Waals surface area contributed by atoms with Crippen molar-refractivity contribution in [1.29, 1.82) is 0 Å². The van der Waals surface area contributed by atoms with Crippen molar-refractivity contribution < 1.29 is 18.4 Å². The number of carbonyl (C=O) groups is 2. The molecule has 0 unspecified atom stereocenters. The molecule has 0 bridgehead atoms. The van der Waals surface area contributed by atoms with Gasteiger partial charge in [0.1, 0.15) is 11.6 Å². The van der Waals surface area contributed by atoms with Crippen LogP contribution in [0.5, 0.6) is 0 Å². The monoisotopic (exact) mass is 390 g/mol. The van der Waals surface area contributed by atoms with E-state index in [0.717, 1.165) is 31.5 Å². The fourth-order valence-electron chi connectivity index (χ4n) is 5.30. The quantitative estimate of drug-likeness (QED) is 0.766. The first-order chi connectivity index (χ1) is 13.5. The van der Waals surface area contributed by atoms with E-state index < -0.39 is 17.5 Å². The van der Waals surface area contributed by atoms with Gasteiger partial charge in [-0.25, -0.2) is 8.78 Å². The third-order valence-electron chi connectivity index (χ3n) is 6.82. The Morgan fingerprint density at radius 3 is 2.36 bits per heavy atom. The Labute approximate surface area is 164 Å². The van der Waals surface area contributed by atoms with Gasteiger partial charge in [0, 0.05) is 37.7 Å². The highest BCUT2D eigenvalue weighted by atomic mass is 19.1. The Hall–Kier alpha value is -1.98. The normalized spacial score (nSPS) is 26.1. The number of halogens is 2. The fourth-order valence-corrected chi connectivity index (χ4v) is 5.30. The van der Waals surface area contributed by atoms with Gasteiger partial charge in [0.2, 0.25) is 5.91 Å². The van der Waals surface area contributed by atoms with E-state index in [1.807, 2.05) is 0 Å². The number of benzene rings is 1. The van der Waals surface area contributed by atoms with Gasteiger partial charge in [-0.1, -0.05) is 12.8 Å². The summed E-state index contributed by atoms with van der Waals surface area (Å²) in [6, 6.07) is 3.44. The Morgan fingerprint density at radius 1 is 0.893 bits per heavy atom. The van der Waals surface area contributed by atoms with Gasteiger partial charge in [0.15, 0.2) is 0 Å². The molecule has 28 heavy (non-hydrogen) atoms. The van der Waals surface area contributed by atoms with Gasteiger partial charge >= 0.3 is 0 Å². The number of hydrogen-bond donors (Lipinski definition) is 0. The first kappa shape index (κ1) is 19.3. The molecule has 3 fully saturated rings. The van der Waals surface area contributed by atoms with E-state index in [1.165, 1.54) is 31.7 Å². The Morgan fingerprint density at radius 2 is 1.61 bits per heavy atom. The van der Waals surface area contributed by atoms with Gasteiger partial charge in [0.25, 0.3) is 5.91 Å². The number of amides is 2. The summed E-state index contributed by atoms with van der Waals surface area (Å²) in [5.41, 5.74) is -0.104. The molecule has 4 nitrogen and oxygen atoms in total. The van der Waals surface area contributed by atoms with Gasteiger partial charge in [-0.2, -0.15) is 0 Å². The first-order valence-corrected chi connectivity index (χ1v) is 10.6. The maximum absolute atomic E-state index is 13.9. The highest BCUT2D eigenvalue weighted by Crippen LogP contribution is 2.36. The van der Waals surface area contributed by atoms with Gasteiger partial charge in [-0.15, -0.1) is 0 Å². The lowest BCUT2D eigenvalue weighted by atomic mass is 9.77. The molecule has 0 aromatic heterocycles. The molecule has 2 amide bonds. The summed E-state index contributed by atoms with van der Waals surface area (Å²) >= 11 is 0. The third-order valence-corrected chi connectivity index (χ3v) is 6.82. The number of nitrogens with zero attached hydrogens (tertiary/aromatic N) is 2. The smallest absolute Gasteiger partial charge is 0.256 e. The molecule has 1 aromatic rings. The van der Waals surface area contributed by atoms with Gasteiger partial charge < -0.3 is 9.80 Å². The highest BCUT2D eigenvalue weighted by molar-refractivity contribution is 5.94. The zero-order valence-corrected chi connectivity index (χ0v) is 16.2. The molecule has 2 heterocycles. The zero-order chi connectivity index (χ0) is 19.7. The van der Waals surface area contributed by atoms with E-state index in [1.54, 1.807) is 4.90 Å². The van der Waals surface area contributed by atoms with Crippen molar-refractivity contribution in [2.24, 2.45) is 11.8 Å². The van der Waals surface area contributed by atoms with E-state index in [0.29, 0.717) is 37.9 Å². The number of piperidine rings is 2. The van der Waals surface area contributed by atoms with Crippen LogP contribution in [0.2, 0.25) is 0 Å². The lowest BCUT2D eigenvalue weighted by Gasteiger charge is -2.46. The summed E-state index contributed by atoms with van der Waals surface area (Å²) < 4.78 is 27.0. The van der Waals surface area contributed by atoms with Crippen LogP contribution in [0.4, 0.5) is 8.78 Å². The largest absolute Gasteiger partial charge is 0.339 e.